The van der Waals surface area contributed by atoms with Crippen molar-refractivity contribution in [2.24, 2.45) is 5.73 Å². The zero-order valence-corrected chi connectivity index (χ0v) is 10.8. The van der Waals surface area contributed by atoms with Crippen molar-refractivity contribution in [2.75, 3.05) is 24.7 Å². The van der Waals surface area contributed by atoms with Crippen molar-refractivity contribution in [3.8, 4) is 0 Å². The van der Waals surface area contributed by atoms with Crippen LogP contribution in [0.25, 0.3) is 0 Å². The van der Waals surface area contributed by atoms with Gasteiger partial charge in [-0.25, -0.2) is 18.1 Å². The van der Waals surface area contributed by atoms with E-state index in [9.17, 15) is 13.2 Å². The first kappa shape index (κ1) is 14.4. The molecule has 8 heteroatoms. The van der Waals surface area contributed by atoms with Crippen LogP contribution >= 0.6 is 0 Å². The van der Waals surface area contributed by atoms with Crippen LogP contribution in [0, 0.1) is 0 Å². The van der Waals surface area contributed by atoms with Crippen LogP contribution in [0.5, 0.6) is 0 Å². The van der Waals surface area contributed by atoms with Gasteiger partial charge in [0.25, 0.3) is 0 Å². The lowest BCUT2D eigenvalue weighted by atomic mass is 10.3. The third kappa shape index (κ3) is 5.60. The van der Waals surface area contributed by atoms with Gasteiger partial charge in [0.1, 0.15) is 5.82 Å². The van der Waals surface area contributed by atoms with E-state index >= 15 is 0 Å². The molecule has 7 nitrogen and oxygen atoms in total. The molecule has 0 bridgehead atoms. The van der Waals surface area contributed by atoms with Crippen LogP contribution in [-0.2, 0) is 10.0 Å². The van der Waals surface area contributed by atoms with Crippen LogP contribution in [0.1, 0.15) is 16.8 Å². The van der Waals surface area contributed by atoms with Crippen molar-refractivity contribution in [1.29, 1.82) is 0 Å². The Kier molecular flexibility index (Phi) is 5.05. The van der Waals surface area contributed by atoms with E-state index in [1.54, 1.807) is 12.1 Å². The van der Waals surface area contributed by atoms with Crippen LogP contribution in [0.15, 0.2) is 18.3 Å². The number of nitrogens with two attached hydrogens (primary N) is 1. The minimum Gasteiger partial charge on any atom is -0.370 e. The van der Waals surface area contributed by atoms with Crippen molar-refractivity contribution < 1.29 is 13.2 Å². The lowest BCUT2D eigenvalue weighted by molar-refractivity contribution is 0.1000. The number of rotatable bonds is 7. The van der Waals surface area contributed by atoms with Crippen molar-refractivity contribution in [2.45, 2.75) is 6.42 Å². The first-order chi connectivity index (χ1) is 8.38. The molecule has 1 aromatic rings. The average molecular weight is 272 g/mol. The molecule has 0 fully saturated rings. The Morgan fingerprint density at radius 1 is 1.39 bits per heavy atom. The van der Waals surface area contributed by atoms with Gasteiger partial charge in [0.2, 0.25) is 15.9 Å². The standard InChI is InChI=1S/C10H16N4O3S/c1-18(16,17)14-6-2-5-12-9-4-3-8(7-13-9)10(11)15/h3-4,7,14H,2,5-6H2,1H3,(H2,11,15)(H,12,13). The number of primary amides is 1. The van der Waals surface area contributed by atoms with Crippen LogP contribution in [0.2, 0.25) is 0 Å². The maximum atomic E-state index is 10.8. The van der Waals surface area contributed by atoms with Crippen molar-refractivity contribution in [1.82, 2.24) is 9.71 Å². The molecule has 0 aromatic carbocycles. The van der Waals surface area contributed by atoms with Crippen molar-refractivity contribution in [3.05, 3.63) is 23.9 Å². The molecule has 0 atom stereocenters. The summed E-state index contributed by atoms with van der Waals surface area (Å²) in [7, 11) is -3.13. The summed E-state index contributed by atoms with van der Waals surface area (Å²) in [6.07, 6.45) is 3.14. The first-order valence-corrected chi connectivity index (χ1v) is 7.22. The molecule has 0 aliphatic carbocycles. The summed E-state index contributed by atoms with van der Waals surface area (Å²) in [5, 5.41) is 3.00. The van der Waals surface area contributed by atoms with E-state index in [0.717, 1.165) is 6.26 Å². The highest BCUT2D eigenvalue weighted by atomic mass is 32.2. The molecular formula is C10H16N4O3S. The fourth-order valence-corrected chi connectivity index (χ4v) is 1.72. The summed E-state index contributed by atoms with van der Waals surface area (Å²) in [5.41, 5.74) is 5.43. The molecule has 1 rings (SSSR count). The van der Waals surface area contributed by atoms with Crippen molar-refractivity contribution >= 4 is 21.7 Å². The zero-order valence-electron chi connectivity index (χ0n) is 10.0. The molecule has 18 heavy (non-hydrogen) atoms. The molecule has 4 N–H and O–H groups in total. The first-order valence-electron chi connectivity index (χ1n) is 5.33. The Balaban J connectivity index is 2.29. The molecule has 1 heterocycles. The number of nitrogens with one attached hydrogen (secondary N) is 2. The third-order valence-electron chi connectivity index (χ3n) is 2.07. The largest absolute Gasteiger partial charge is 0.370 e. The predicted octanol–water partition coefficient (Wildman–Crippen LogP) is -0.468. The molecule has 0 aliphatic rings. The van der Waals surface area contributed by atoms with Crippen LogP contribution in [0.3, 0.4) is 0 Å². The Labute approximate surface area is 106 Å². The second-order valence-corrected chi connectivity index (χ2v) is 5.58. The predicted molar refractivity (Wildman–Crippen MR) is 68.7 cm³/mol. The maximum absolute atomic E-state index is 10.8. The monoisotopic (exact) mass is 272 g/mol. The molecule has 0 unspecified atom stereocenters. The number of aromatic nitrogens is 1. The van der Waals surface area contributed by atoms with Crippen molar-refractivity contribution in [3.63, 3.8) is 0 Å². The number of carbonyl (C=O) groups excluding carboxylic acids is 1. The fraction of sp³-hybridized carbons (Fsp3) is 0.400. The molecule has 0 spiro atoms. The lowest BCUT2D eigenvalue weighted by Gasteiger charge is -2.06. The maximum Gasteiger partial charge on any atom is 0.250 e. The molecule has 100 valence electrons. The van der Waals surface area contributed by atoms with Crippen LogP contribution in [-0.4, -0.2) is 38.7 Å². The van der Waals surface area contributed by atoms with Gasteiger partial charge in [-0.1, -0.05) is 0 Å². The summed E-state index contributed by atoms with van der Waals surface area (Å²) in [6, 6.07) is 3.22. The normalized spacial score (nSPS) is 11.2. The van der Waals surface area contributed by atoms with E-state index in [1.165, 1.54) is 6.20 Å². The molecule has 0 saturated heterocycles. The second kappa shape index (κ2) is 6.31. The quantitative estimate of drug-likeness (QED) is 0.581. The van der Waals surface area contributed by atoms with E-state index in [1.807, 2.05) is 0 Å². The Morgan fingerprint density at radius 3 is 2.61 bits per heavy atom. The summed E-state index contributed by atoms with van der Waals surface area (Å²) < 4.78 is 23.9. The van der Waals surface area contributed by atoms with E-state index in [0.29, 0.717) is 30.9 Å². The Hall–Kier alpha value is -1.67. The van der Waals surface area contributed by atoms with E-state index in [2.05, 4.69) is 15.0 Å². The SMILES string of the molecule is CS(=O)(=O)NCCCNc1ccc(C(N)=O)cn1. The molecule has 0 aliphatic heterocycles. The van der Waals surface area contributed by atoms with Gasteiger partial charge in [0.15, 0.2) is 0 Å². The van der Waals surface area contributed by atoms with E-state index in [4.69, 9.17) is 5.73 Å². The molecular weight excluding hydrogens is 256 g/mol. The number of nitrogens with zero attached hydrogens (tertiary/aromatic N) is 1. The highest BCUT2D eigenvalue weighted by Gasteiger charge is 2.01. The fourth-order valence-electron chi connectivity index (χ4n) is 1.21. The molecule has 1 aromatic heterocycles. The number of carbonyl (C=O) groups is 1. The summed E-state index contributed by atoms with van der Waals surface area (Å²) in [6.45, 7) is 0.941. The average Bonchev–Trinajstić information content (AvgIpc) is 2.27. The number of pyridine rings is 1. The smallest absolute Gasteiger partial charge is 0.250 e. The van der Waals surface area contributed by atoms with Crippen LogP contribution < -0.4 is 15.8 Å². The van der Waals surface area contributed by atoms with Crippen LogP contribution in [0.4, 0.5) is 5.82 Å². The Bertz CT molecular complexity index is 498. The summed E-state index contributed by atoms with van der Waals surface area (Å²) in [4.78, 5) is 14.8. The number of hydrogen-bond donors (Lipinski definition) is 3. The van der Waals surface area contributed by atoms with Gasteiger partial charge >= 0.3 is 0 Å². The second-order valence-electron chi connectivity index (χ2n) is 3.74. The van der Waals surface area contributed by atoms with Gasteiger partial charge in [-0.15, -0.1) is 0 Å². The Morgan fingerprint density at radius 2 is 2.11 bits per heavy atom. The van der Waals surface area contributed by atoms with Gasteiger partial charge < -0.3 is 11.1 Å². The van der Waals surface area contributed by atoms with Gasteiger partial charge in [-0.05, 0) is 18.6 Å². The topological polar surface area (TPSA) is 114 Å². The van der Waals surface area contributed by atoms with E-state index < -0.39 is 15.9 Å². The minimum atomic E-state index is -3.13. The number of anilines is 1. The van der Waals surface area contributed by atoms with Gasteiger partial charge in [-0.2, -0.15) is 0 Å². The highest BCUT2D eigenvalue weighted by molar-refractivity contribution is 7.88. The zero-order chi connectivity index (χ0) is 13.6. The van der Waals surface area contributed by atoms with Gasteiger partial charge in [0, 0.05) is 19.3 Å². The minimum absolute atomic E-state index is 0.347. The number of sulfonamides is 1. The summed E-state index contributed by atoms with van der Waals surface area (Å²) >= 11 is 0. The highest BCUT2D eigenvalue weighted by Crippen LogP contribution is 2.04. The number of amides is 1. The molecule has 1 amide bonds. The lowest BCUT2D eigenvalue weighted by Crippen LogP contribution is -2.24. The van der Waals surface area contributed by atoms with Gasteiger partial charge in [-0.3, -0.25) is 4.79 Å². The van der Waals surface area contributed by atoms with E-state index in [-0.39, 0.29) is 0 Å². The van der Waals surface area contributed by atoms with Gasteiger partial charge in [0.05, 0.1) is 11.8 Å². The molecule has 0 radical (unpaired) electrons. The third-order valence-corrected chi connectivity index (χ3v) is 2.80. The summed E-state index contributed by atoms with van der Waals surface area (Å²) in [5.74, 6) is 0.0887. The number of hydrogen-bond acceptors (Lipinski definition) is 5. The molecule has 0 saturated carbocycles.